The Balaban J connectivity index is 3.19. The minimum absolute atomic E-state index is 0.411. The van der Waals surface area contributed by atoms with E-state index in [1.165, 1.54) is 32.1 Å². The molecule has 0 saturated heterocycles. The van der Waals surface area contributed by atoms with E-state index in [-0.39, 0.29) is 0 Å². The van der Waals surface area contributed by atoms with Crippen LogP contribution < -0.4 is 5.73 Å². The molecule has 0 bridgehead atoms. The molecule has 0 saturated carbocycles. The van der Waals surface area contributed by atoms with Crippen LogP contribution in [0.5, 0.6) is 0 Å². The van der Waals surface area contributed by atoms with Crippen LogP contribution in [-0.4, -0.2) is 13.3 Å². The summed E-state index contributed by atoms with van der Waals surface area (Å²) in [5.41, 5.74) is 5.40. The molecular formula is C10H22BN. The summed E-state index contributed by atoms with van der Waals surface area (Å²) < 4.78 is 0. The van der Waals surface area contributed by atoms with E-state index in [0.29, 0.717) is 0 Å². The molecule has 0 aliphatic rings. The summed E-state index contributed by atoms with van der Waals surface area (Å²) in [5.74, 6) is 0. The highest BCUT2D eigenvalue weighted by Gasteiger charge is 2.13. The van der Waals surface area contributed by atoms with Crippen molar-refractivity contribution < 1.29 is 0 Å². The first kappa shape index (κ1) is 12.0. The van der Waals surface area contributed by atoms with Crippen LogP contribution in [0.1, 0.15) is 58.8 Å². The normalized spacial score (nSPS) is 15.9. The summed E-state index contributed by atoms with van der Waals surface area (Å²) in [6.45, 7) is 4.27. The minimum atomic E-state index is -0.411. The lowest BCUT2D eigenvalue weighted by atomic mass is 9.73. The lowest BCUT2D eigenvalue weighted by molar-refractivity contribution is 0.486. The Labute approximate surface area is 78.5 Å². The Morgan fingerprint density at radius 1 is 1.08 bits per heavy atom. The van der Waals surface area contributed by atoms with Gasteiger partial charge in [0.15, 0.2) is 0 Å². The molecule has 1 unspecified atom stereocenters. The third-order valence-electron chi connectivity index (χ3n) is 2.40. The standard InChI is InChI=1S/C10H22BN/c1-3-5-6-7-8-9-10(11,12)4-2/h3-9,12H2,1-2H3. The van der Waals surface area contributed by atoms with Gasteiger partial charge in [0, 0.05) is 0 Å². The highest BCUT2D eigenvalue weighted by Crippen LogP contribution is 2.13. The smallest absolute Gasteiger partial charge is 0.0950 e. The van der Waals surface area contributed by atoms with Crippen LogP contribution in [0.25, 0.3) is 0 Å². The number of nitrogens with two attached hydrogens (primary N) is 1. The number of hydrogen-bond acceptors (Lipinski definition) is 1. The summed E-state index contributed by atoms with van der Waals surface area (Å²) in [6.07, 6.45) is 8.27. The fraction of sp³-hybridized carbons (Fsp3) is 1.00. The first-order valence-electron chi connectivity index (χ1n) is 5.20. The van der Waals surface area contributed by atoms with Gasteiger partial charge in [0.2, 0.25) is 0 Å². The highest BCUT2D eigenvalue weighted by molar-refractivity contribution is 6.15. The van der Waals surface area contributed by atoms with Gasteiger partial charge in [-0.05, 0) is 18.3 Å². The van der Waals surface area contributed by atoms with Gasteiger partial charge in [-0.3, -0.25) is 0 Å². The lowest BCUT2D eigenvalue weighted by Gasteiger charge is -2.22. The predicted octanol–water partition coefficient (Wildman–Crippen LogP) is 2.58. The summed E-state index contributed by atoms with van der Waals surface area (Å²) in [4.78, 5) is 0. The second kappa shape index (κ2) is 6.53. The van der Waals surface area contributed by atoms with Crippen molar-refractivity contribution in [1.29, 1.82) is 0 Å². The molecule has 0 spiro atoms. The van der Waals surface area contributed by atoms with Gasteiger partial charge in [-0.15, -0.1) is 0 Å². The van der Waals surface area contributed by atoms with Crippen molar-refractivity contribution in [2.75, 3.05) is 0 Å². The van der Waals surface area contributed by atoms with E-state index < -0.39 is 5.44 Å². The van der Waals surface area contributed by atoms with E-state index in [9.17, 15) is 0 Å². The highest BCUT2D eigenvalue weighted by atomic mass is 14.7. The zero-order valence-electron chi connectivity index (χ0n) is 8.60. The van der Waals surface area contributed by atoms with Crippen LogP contribution in [0, 0.1) is 0 Å². The summed E-state index contributed by atoms with van der Waals surface area (Å²) in [7, 11) is 5.81. The molecule has 0 aromatic carbocycles. The van der Waals surface area contributed by atoms with E-state index in [2.05, 4.69) is 6.92 Å². The van der Waals surface area contributed by atoms with E-state index in [1.54, 1.807) is 0 Å². The van der Waals surface area contributed by atoms with E-state index in [0.717, 1.165) is 12.8 Å². The second-order valence-electron chi connectivity index (χ2n) is 3.75. The Kier molecular flexibility index (Phi) is 6.54. The Hall–Kier alpha value is 0.0249. The van der Waals surface area contributed by atoms with E-state index in [4.69, 9.17) is 13.6 Å². The fourth-order valence-corrected chi connectivity index (χ4v) is 1.23. The van der Waals surface area contributed by atoms with Crippen molar-refractivity contribution in [2.24, 2.45) is 5.73 Å². The number of unbranched alkanes of at least 4 members (excludes halogenated alkanes) is 4. The molecule has 2 radical (unpaired) electrons. The zero-order valence-corrected chi connectivity index (χ0v) is 8.60. The van der Waals surface area contributed by atoms with Gasteiger partial charge in [-0.2, -0.15) is 0 Å². The Morgan fingerprint density at radius 3 is 2.17 bits per heavy atom. The largest absolute Gasteiger partial charge is 0.333 e. The van der Waals surface area contributed by atoms with Crippen molar-refractivity contribution >= 4 is 7.85 Å². The first-order valence-corrected chi connectivity index (χ1v) is 5.20. The topological polar surface area (TPSA) is 26.0 Å². The average molecular weight is 167 g/mol. The second-order valence-corrected chi connectivity index (χ2v) is 3.75. The molecule has 0 heterocycles. The van der Waals surface area contributed by atoms with Gasteiger partial charge in [-0.25, -0.2) is 0 Å². The van der Waals surface area contributed by atoms with Crippen molar-refractivity contribution in [3.05, 3.63) is 0 Å². The SMILES string of the molecule is [B]C(N)(CC)CCCCCCC. The maximum atomic E-state index is 5.81. The molecule has 0 aliphatic carbocycles. The van der Waals surface area contributed by atoms with Gasteiger partial charge >= 0.3 is 0 Å². The van der Waals surface area contributed by atoms with Crippen molar-refractivity contribution in [3.8, 4) is 0 Å². The molecule has 1 atom stereocenters. The van der Waals surface area contributed by atoms with Crippen molar-refractivity contribution in [2.45, 2.75) is 64.2 Å². The predicted molar refractivity (Wildman–Crippen MR) is 56.3 cm³/mol. The molecule has 0 aromatic rings. The molecular weight excluding hydrogens is 145 g/mol. The molecule has 0 aromatic heterocycles. The van der Waals surface area contributed by atoms with Crippen molar-refractivity contribution in [3.63, 3.8) is 0 Å². The van der Waals surface area contributed by atoms with Gasteiger partial charge in [-0.1, -0.05) is 46.0 Å². The average Bonchev–Trinajstić information content (AvgIpc) is 2.04. The summed E-state index contributed by atoms with van der Waals surface area (Å²) in [6, 6.07) is 0. The molecule has 0 rings (SSSR count). The van der Waals surface area contributed by atoms with Crippen molar-refractivity contribution in [1.82, 2.24) is 0 Å². The van der Waals surface area contributed by atoms with E-state index >= 15 is 0 Å². The number of rotatable bonds is 7. The number of hydrogen-bond donors (Lipinski definition) is 1. The summed E-state index contributed by atoms with van der Waals surface area (Å²) >= 11 is 0. The molecule has 12 heavy (non-hydrogen) atoms. The van der Waals surface area contributed by atoms with Gasteiger partial charge in [0.05, 0.1) is 7.85 Å². The van der Waals surface area contributed by atoms with Crippen LogP contribution in [0.2, 0.25) is 0 Å². The molecule has 0 aliphatic heterocycles. The Bertz CT molecular complexity index is 102. The Morgan fingerprint density at radius 2 is 1.67 bits per heavy atom. The molecule has 2 heteroatoms. The van der Waals surface area contributed by atoms with Crippen LogP contribution in [0.4, 0.5) is 0 Å². The maximum absolute atomic E-state index is 5.81. The third kappa shape index (κ3) is 6.72. The van der Waals surface area contributed by atoms with Crippen LogP contribution in [0.15, 0.2) is 0 Å². The molecule has 70 valence electrons. The van der Waals surface area contributed by atoms with Crippen LogP contribution in [-0.2, 0) is 0 Å². The monoisotopic (exact) mass is 167 g/mol. The van der Waals surface area contributed by atoms with Crippen LogP contribution in [0.3, 0.4) is 0 Å². The summed E-state index contributed by atoms with van der Waals surface area (Å²) in [5, 5.41) is 0. The third-order valence-corrected chi connectivity index (χ3v) is 2.40. The maximum Gasteiger partial charge on any atom is 0.0950 e. The lowest BCUT2D eigenvalue weighted by Crippen LogP contribution is -2.39. The fourth-order valence-electron chi connectivity index (χ4n) is 1.23. The van der Waals surface area contributed by atoms with Gasteiger partial charge in [0.1, 0.15) is 0 Å². The van der Waals surface area contributed by atoms with Gasteiger partial charge < -0.3 is 5.73 Å². The molecule has 1 nitrogen and oxygen atoms in total. The van der Waals surface area contributed by atoms with Crippen LogP contribution >= 0.6 is 0 Å². The minimum Gasteiger partial charge on any atom is -0.333 e. The molecule has 0 amide bonds. The quantitative estimate of drug-likeness (QED) is 0.457. The zero-order chi connectivity index (χ0) is 9.45. The molecule has 2 N–H and O–H groups in total. The van der Waals surface area contributed by atoms with Gasteiger partial charge in [0.25, 0.3) is 0 Å². The molecule has 0 fully saturated rings. The first-order chi connectivity index (χ1) is 5.62. The van der Waals surface area contributed by atoms with E-state index in [1.807, 2.05) is 6.92 Å².